The second-order valence-electron chi connectivity index (χ2n) is 4.01. The number of nitrogens with two attached hydrogens (primary N) is 1. The van der Waals surface area contributed by atoms with Gasteiger partial charge in [0.2, 0.25) is 5.89 Å². The molecule has 16 heavy (non-hydrogen) atoms. The van der Waals surface area contributed by atoms with E-state index < -0.39 is 0 Å². The third kappa shape index (κ3) is 3.79. The molecule has 1 aromatic heterocycles. The van der Waals surface area contributed by atoms with E-state index in [2.05, 4.69) is 30.9 Å². The van der Waals surface area contributed by atoms with Crippen LogP contribution in [0, 0.1) is 5.92 Å². The van der Waals surface area contributed by atoms with Crippen LogP contribution in [-0.4, -0.2) is 15.9 Å². The maximum Gasteiger partial charge on any atom is 0.243 e. The minimum Gasteiger partial charge on any atom is -0.338 e. The molecule has 4 nitrogen and oxygen atoms in total. The van der Waals surface area contributed by atoms with Crippen LogP contribution in [0.3, 0.4) is 0 Å². The molecule has 0 aromatic carbocycles. The molecule has 0 spiro atoms. The first-order valence-corrected chi connectivity index (χ1v) is 7.00. The molecular weight excluding hydrogens is 222 g/mol. The first-order chi connectivity index (χ1) is 7.69. The van der Waals surface area contributed by atoms with Crippen molar-refractivity contribution in [1.29, 1.82) is 0 Å². The lowest BCUT2D eigenvalue weighted by molar-refractivity contribution is 0.311. The lowest BCUT2D eigenvalue weighted by atomic mass is 10.0. The molecule has 2 N–H and O–H groups in total. The highest BCUT2D eigenvalue weighted by atomic mass is 32.2. The number of rotatable bonds is 7. The molecule has 0 fully saturated rings. The number of nitrogens with zero attached hydrogens (tertiary/aromatic N) is 2. The van der Waals surface area contributed by atoms with Crippen LogP contribution in [0.15, 0.2) is 4.52 Å². The first kappa shape index (κ1) is 13.5. The van der Waals surface area contributed by atoms with Gasteiger partial charge in [-0.1, -0.05) is 32.3 Å². The molecule has 1 rings (SSSR count). The fourth-order valence-corrected chi connectivity index (χ4v) is 2.00. The quantitative estimate of drug-likeness (QED) is 0.746. The maximum absolute atomic E-state index is 6.01. The van der Waals surface area contributed by atoms with E-state index in [1.807, 2.05) is 11.8 Å². The van der Waals surface area contributed by atoms with Crippen LogP contribution in [0.25, 0.3) is 0 Å². The SMILES string of the molecule is CCCSCc1noc(C(N)C(C)CC)n1. The van der Waals surface area contributed by atoms with E-state index in [0.717, 1.165) is 23.8 Å². The Bertz CT molecular complexity index is 303. The van der Waals surface area contributed by atoms with Crippen LogP contribution in [0.5, 0.6) is 0 Å². The zero-order valence-corrected chi connectivity index (χ0v) is 11.1. The van der Waals surface area contributed by atoms with Crippen molar-refractivity contribution in [2.45, 2.75) is 45.4 Å². The van der Waals surface area contributed by atoms with Crippen molar-refractivity contribution in [3.8, 4) is 0 Å². The van der Waals surface area contributed by atoms with Gasteiger partial charge in [-0.2, -0.15) is 16.7 Å². The van der Waals surface area contributed by atoms with Crippen LogP contribution < -0.4 is 5.73 Å². The third-order valence-electron chi connectivity index (χ3n) is 2.61. The highest BCUT2D eigenvalue weighted by molar-refractivity contribution is 7.98. The van der Waals surface area contributed by atoms with Crippen molar-refractivity contribution in [2.24, 2.45) is 11.7 Å². The van der Waals surface area contributed by atoms with Gasteiger partial charge in [-0.3, -0.25) is 0 Å². The summed E-state index contributed by atoms with van der Waals surface area (Å²) in [6.45, 7) is 6.37. The van der Waals surface area contributed by atoms with Gasteiger partial charge in [-0.15, -0.1) is 0 Å². The second kappa shape index (κ2) is 6.91. The molecule has 0 aliphatic carbocycles. The smallest absolute Gasteiger partial charge is 0.243 e. The Morgan fingerprint density at radius 2 is 2.19 bits per heavy atom. The van der Waals surface area contributed by atoms with Crippen LogP contribution >= 0.6 is 11.8 Å². The Kier molecular flexibility index (Phi) is 5.84. The Morgan fingerprint density at radius 3 is 2.81 bits per heavy atom. The Labute approximate surface area is 101 Å². The molecule has 5 heteroatoms. The van der Waals surface area contributed by atoms with Gasteiger partial charge in [0.1, 0.15) is 0 Å². The first-order valence-electron chi connectivity index (χ1n) is 5.84. The molecule has 0 amide bonds. The van der Waals surface area contributed by atoms with Gasteiger partial charge >= 0.3 is 0 Å². The summed E-state index contributed by atoms with van der Waals surface area (Å²) in [5, 5.41) is 3.94. The van der Waals surface area contributed by atoms with E-state index in [9.17, 15) is 0 Å². The zero-order valence-electron chi connectivity index (χ0n) is 10.3. The lowest BCUT2D eigenvalue weighted by Gasteiger charge is -2.12. The molecule has 0 saturated heterocycles. The summed E-state index contributed by atoms with van der Waals surface area (Å²) in [7, 11) is 0. The van der Waals surface area contributed by atoms with Crippen LogP contribution in [0.1, 0.15) is 51.4 Å². The van der Waals surface area contributed by atoms with Gasteiger partial charge in [0.15, 0.2) is 5.82 Å². The van der Waals surface area contributed by atoms with Crippen molar-refractivity contribution < 1.29 is 4.52 Å². The average Bonchev–Trinajstić information content (AvgIpc) is 2.76. The Morgan fingerprint density at radius 1 is 1.44 bits per heavy atom. The molecule has 0 radical (unpaired) electrons. The van der Waals surface area contributed by atoms with Crippen LogP contribution in [0.4, 0.5) is 0 Å². The topological polar surface area (TPSA) is 64.9 Å². The van der Waals surface area contributed by atoms with Crippen molar-refractivity contribution in [2.75, 3.05) is 5.75 Å². The summed E-state index contributed by atoms with van der Waals surface area (Å²) in [4.78, 5) is 4.33. The van der Waals surface area contributed by atoms with Crippen LogP contribution in [-0.2, 0) is 5.75 Å². The van der Waals surface area contributed by atoms with E-state index in [0.29, 0.717) is 11.8 Å². The fraction of sp³-hybridized carbons (Fsp3) is 0.818. The summed E-state index contributed by atoms with van der Waals surface area (Å²) in [6.07, 6.45) is 2.19. The average molecular weight is 243 g/mol. The monoisotopic (exact) mass is 243 g/mol. The predicted octanol–water partition coefficient (Wildman–Crippen LogP) is 2.76. The van der Waals surface area contributed by atoms with E-state index in [-0.39, 0.29) is 6.04 Å². The minimum atomic E-state index is -0.137. The summed E-state index contributed by atoms with van der Waals surface area (Å²) >= 11 is 1.82. The normalized spacial score (nSPS) is 15.0. The van der Waals surface area contributed by atoms with Gasteiger partial charge in [0, 0.05) is 0 Å². The van der Waals surface area contributed by atoms with Crippen LogP contribution in [0.2, 0.25) is 0 Å². The highest BCUT2D eigenvalue weighted by Gasteiger charge is 2.19. The molecule has 92 valence electrons. The van der Waals surface area contributed by atoms with Crippen molar-refractivity contribution in [3.63, 3.8) is 0 Å². The highest BCUT2D eigenvalue weighted by Crippen LogP contribution is 2.21. The Hall–Kier alpha value is -0.550. The molecule has 0 bridgehead atoms. The molecule has 0 aliphatic heterocycles. The van der Waals surface area contributed by atoms with E-state index in [4.69, 9.17) is 10.3 Å². The van der Waals surface area contributed by atoms with E-state index >= 15 is 0 Å². The summed E-state index contributed by atoms with van der Waals surface area (Å²) in [6, 6.07) is -0.137. The van der Waals surface area contributed by atoms with Crippen molar-refractivity contribution in [3.05, 3.63) is 11.7 Å². The molecule has 1 heterocycles. The van der Waals surface area contributed by atoms with Gasteiger partial charge in [0.25, 0.3) is 0 Å². The van der Waals surface area contributed by atoms with Crippen molar-refractivity contribution >= 4 is 11.8 Å². The summed E-state index contributed by atoms with van der Waals surface area (Å²) < 4.78 is 5.18. The molecule has 0 aliphatic rings. The van der Waals surface area contributed by atoms with E-state index in [1.54, 1.807) is 0 Å². The number of hydrogen-bond acceptors (Lipinski definition) is 5. The van der Waals surface area contributed by atoms with Crippen molar-refractivity contribution in [1.82, 2.24) is 10.1 Å². The predicted molar refractivity (Wildman–Crippen MR) is 67.1 cm³/mol. The molecular formula is C11H21N3OS. The molecule has 0 saturated carbocycles. The van der Waals surface area contributed by atoms with Gasteiger partial charge in [-0.05, 0) is 18.1 Å². The second-order valence-corrected chi connectivity index (χ2v) is 5.12. The zero-order chi connectivity index (χ0) is 12.0. The largest absolute Gasteiger partial charge is 0.338 e. The van der Waals surface area contributed by atoms with Gasteiger partial charge in [-0.25, -0.2) is 0 Å². The summed E-state index contributed by atoms with van der Waals surface area (Å²) in [5.41, 5.74) is 6.01. The molecule has 2 unspecified atom stereocenters. The molecule has 1 aromatic rings. The van der Waals surface area contributed by atoms with E-state index in [1.165, 1.54) is 6.42 Å². The fourth-order valence-electron chi connectivity index (χ4n) is 1.27. The van der Waals surface area contributed by atoms with Gasteiger partial charge < -0.3 is 10.3 Å². The Balaban J connectivity index is 2.50. The minimum absolute atomic E-state index is 0.137. The third-order valence-corrected chi connectivity index (χ3v) is 3.76. The lowest BCUT2D eigenvalue weighted by Crippen LogP contribution is -2.18. The number of aromatic nitrogens is 2. The summed E-state index contributed by atoms with van der Waals surface area (Å²) in [5.74, 6) is 3.64. The molecule has 2 atom stereocenters. The number of hydrogen-bond donors (Lipinski definition) is 1. The maximum atomic E-state index is 6.01. The number of thioether (sulfide) groups is 1. The standard InChI is InChI=1S/C11H21N3OS/c1-4-6-16-7-9-13-11(15-14-9)10(12)8(3)5-2/h8,10H,4-7,12H2,1-3H3. The van der Waals surface area contributed by atoms with Gasteiger partial charge in [0.05, 0.1) is 11.8 Å².